The number of fused-ring (bicyclic) bond motifs is 1. The first-order valence-electron chi connectivity index (χ1n) is 5.70. The number of rotatable bonds is 4. The van der Waals surface area contributed by atoms with Crippen LogP contribution in [0.2, 0.25) is 0 Å². The van der Waals surface area contributed by atoms with Crippen LogP contribution in [0.25, 0.3) is 0 Å². The Morgan fingerprint density at radius 3 is 3.18 bits per heavy atom. The molecule has 0 saturated heterocycles. The van der Waals surface area contributed by atoms with E-state index in [0.717, 1.165) is 17.1 Å². The molecule has 0 fully saturated rings. The van der Waals surface area contributed by atoms with Crippen molar-refractivity contribution in [1.29, 1.82) is 0 Å². The van der Waals surface area contributed by atoms with Crippen molar-refractivity contribution >= 4 is 17.7 Å². The lowest BCUT2D eigenvalue weighted by Gasteiger charge is -2.24. The molecule has 1 aliphatic rings. The summed E-state index contributed by atoms with van der Waals surface area (Å²) in [6, 6.07) is 7.68. The minimum absolute atomic E-state index is 0.130. The molecular weight excluding hydrogens is 236 g/mol. The van der Waals surface area contributed by atoms with Crippen molar-refractivity contribution in [2.75, 3.05) is 25.2 Å². The maximum atomic E-state index is 11.9. The molecule has 1 aromatic rings. The fraction of sp³-hybridized carbons (Fsp3) is 0.462. The zero-order chi connectivity index (χ0) is 12.1. The Morgan fingerprint density at radius 2 is 2.35 bits per heavy atom. The maximum Gasteiger partial charge on any atom is 0.313 e. The van der Waals surface area contributed by atoms with Crippen LogP contribution in [0.1, 0.15) is 17.9 Å². The molecule has 1 aliphatic heterocycles. The maximum absolute atomic E-state index is 11.9. The SMILES string of the molecule is CSCCOC(=O)C1CCOc2ccccc21. The normalized spacial score (nSPS) is 18.1. The predicted molar refractivity (Wildman–Crippen MR) is 68.6 cm³/mol. The van der Waals surface area contributed by atoms with Gasteiger partial charge in [0.25, 0.3) is 0 Å². The van der Waals surface area contributed by atoms with Gasteiger partial charge in [-0.25, -0.2) is 0 Å². The molecule has 0 saturated carbocycles. The van der Waals surface area contributed by atoms with Gasteiger partial charge in [0, 0.05) is 11.3 Å². The zero-order valence-electron chi connectivity index (χ0n) is 9.85. The third-order valence-electron chi connectivity index (χ3n) is 2.77. The first-order valence-corrected chi connectivity index (χ1v) is 7.09. The number of carbonyl (C=O) groups is 1. The number of carbonyl (C=O) groups excluding carboxylic acids is 1. The fourth-order valence-corrected chi connectivity index (χ4v) is 2.16. The second-order valence-electron chi connectivity index (χ2n) is 3.89. The zero-order valence-corrected chi connectivity index (χ0v) is 10.7. The summed E-state index contributed by atoms with van der Waals surface area (Å²) in [5.41, 5.74) is 0.952. The Labute approximate surface area is 105 Å². The van der Waals surface area contributed by atoms with Gasteiger partial charge in [0.05, 0.1) is 12.5 Å². The second kappa shape index (κ2) is 5.96. The molecule has 3 nitrogen and oxygen atoms in total. The van der Waals surface area contributed by atoms with Gasteiger partial charge in [0.1, 0.15) is 12.4 Å². The third-order valence-corrected chi connectivity index (χ3v) is 3.35. The molecule has 17 heavy (non-hydrogen) atoms. The van der Waals surface area contributed by atoms with Crippen LogP contribution >= 0.6 is 11.8 Å². The van der Waals surface area contributed by atoms with E-state index in [2.05, 4.69) is 0 Å². The van der Waals surface area contributed by atoms with E-state index in [-0.39, 0.29) is 11.9 Å². The van der Waals surface area contributed by atoms with Crippen LogP contribution in [-0.2, 0) is 9.53 Å². The van der Waals surface area contributed by atoms with Crippen molar-refractivity contribution in [3.63, 3.8) is 0 Å². The Kier molecular flexibility index (Phi) is 4.31. The molecule has 0 radical (unpaired) electrons. The van der Waals surface area contributed by atoms with Gasteiger partial charge >= 0.3 is 5.97 Å². The van der Waals surface area contributed by atoms with Crippen LogP contribution < -0.4 is 4.74 Å². The molecule has 2 rings (SSSR count). The minimum Gasteiger partial charge on any atom is -0.493 e. The molecule has 1 atom stereocenters. The number of hydrogen-bond donors (Lipinski definition) is 0. The number of hydrogen-bond acceptors (Lipinski definition) is 4. The van der Waals surface area contributed by atoms with Crippen LogP contribution in [0.5, 0.6) is 5.75 Å². The van der Waals surface area contributed by atoms with E-state index < -0.39 is 0 Å². The average Bonchev–Trinajstić information content (AvgIpc) is 2.38. The number of thioether (sulfide) groups is 1. The van der Waals surface area contributed by atoms with Crippen molar-refractivity contribution in [2.45, 2.75) is 12.3 Å². The molecular formula is C13H16O3S. The highest BCUT2D eigenvalue weighted by atomic mass is 32.2. The standard InChI is InChI=1S/C13H16O3S/c1-17-9-8-16-13(14)11-6-7-15-12-5-3-2-4-10(11)12/h2-5,11H,6-9H2,1H3. The van der Waals surface area contributed by atoms with Gasteiger partial charge < -0.3 is 9.47 Å². The summed E-state index contributed by atoms with van der Waals surface area (Å²) >= 11 is 1.67. The lowest BCUT2D eigenvalue weighted by atomic mass is 9.93. The minimum atomic E-state index is -0.165. The highest BCUT2D eigenvalue weighted by Gasteiger charge is 2.28. The van der Waals surface area contributed by atoms with E-state index in [4.69, 9.17) is 9.47 Å². The number of para-hydroxylation sites is 1. The van der Waals surface area contributed by atoms with Crippen molar-refractivity contribution in [1.82, 2.24) is 0 Å². The van der Waals surface area contributed by atoms with Gasteiger partial charge in [-0.05, 0) is 18.7 Å². The monoisotopic (exact) mass is 252 g/mol. The topological polar surface area (TPSA) is 35.5 Å². The van der Waals surface area contributed by atoms with E-state index in [1.807, 2.05) is 30.5 Å². The van der Waals surface area contributed by atoms with Crippen LogP contribution in [0.15, 0.2) is 24.3 Å². The van der Waals surface area contributed by atoms with Crippen LogP contribution in [0, 0.1) is 0 Å². The molecule has 4 heteroatoms. The molecule has 0 aliphatic carbocycles. The first kappa shape index (κ1) is 12.3. The lowest BCUT2D eigenvalue weighted by Crippen LogP contribution is -2.23. The van der Waals surface area contributed by atoms with Crippen molar-refractivity contribution in [3.8, 4) is 5.75 Å². The average molecular weight is 252 g/mol. The van der Waals surface area contributed by atoms with Gasteiger partial charge in [0.2, 0.25) is 0 Å². The number of benzene rings is 1. The van der Waals surface area contributed by atoms with Crippen LogP contribution in [-0.4, -0.2) is 31.2 Å². The Bertz CT molecular complexity index is 392. The van der Waals surface area contributed by atoms with Crippen molar-refractivity contribution in [3.05, 3.63) is 29.8 Å². The Hall–Kier alpha value is -1.16. The van der Waals surface area contributed by atoms with E-state index in [0.29, 0.717) is 19.6 Å². The van der Waals surface area contributed by atoms with E-state index in [9.17, 15) is 4.79 Å². The number of ether oxygens (including phenoxy) is 2. The molecule has 0 bridgehead atoms. The smallest absolute Gasteiger partial charge is 0.313 e. The van der Waals surface area contributed by atoms with Gasteiger partial charge in [-0.3, -0.25) is 4.79 Å². The summed E-state index contributed by atoms with van der Waals surface area (Å²) in [5, 5.41) is 0. The molecule has 1 unspecified atom stereocenters. The van der Waals surface area contributed by atoms with E-state index in [1.54, 1.807) is 11.8 Å². The summed E-state index contributed by atoms with van der Waals surface area (Å²) in [7, 11) is 0. The quantitative estimate of drug-likeness (QED) is 0.609. The molecule has 0 spiro atoms. The van der Waals surface area contributed by atoms with Gasteiger partial charge in [0.15, 0.2) is 0 Å². The number of esters is 1. The summed E-state index contributed by atoms with van der Waals surface area (Å²) in [6.07, 6.45) is 2.70. The van der Waals surface area contributed by atoms with Crippen molar-refractivity contribution in [2.24, 2.45) is 0 Å². The fourth-order valence-electron chi connectivity index (χ4n) is 1.91. The summed E-state index contributed by atoms with van der Waals surface area (Å²) in [6.45, 7) is 1.07. The molecule has 0 aromatic heterocycles. The van der Waals surface area contributed by atoms with Crippen molar-refractivity contribution < 1.29 is 14.3 Å². The third kappa shape index (κ3) is 2.94. The molecule has 0 amide bonds. The highest BCUT2D eigenvalue weighted by Crippen LogP contribution is 2.33. The highest BCUT2D eigenvalue weighted by molar-refractivity contribution is 7.98. The largest absolute Gasteiger partial charge is 0.493 e. The predicted octanol–water partition coefficient (Wildman–Crippen LogP) is 2.46. The molecule has 0 N–H and O–H groups in total. The summed E-state index contributed by atoms with van der Waals surface area (Å²) < 4.78 is 10.8. The van der Waals surface area contributed by atoms with Gasteiger partial charge in [-0.15, -0.1) is 0 Å². The first-order chi connectivity index (χ1) is 8.33. The second-order valence-corrected chi connectivity index (χ2v) is 4.87. The van der Waals surface area contributed by atoms with Gasteiger partial charge in [-0.1, -0.05) is 18.2 Å². The Balaban J connectivity index is 2.05. The van der Waals surface area contributed by atoms with Crippen LogP contribution in [0.4, 0.5) is 0 Å². The summed E-state index contributed by atoms with van der Waals surface area (Å²) in [5.74, 6) is 1.36. The summed E-state index contributed by atoms with van der Waals surface area (Å²) in [4.78, 5) is 11.9. The van der Waals surface area contributed by atoms with E-state index >= 15 is 0 Å². The van der Waals surface area contributed by atoms with Crippen LogP contribution in [0.3, 0.4) is 0 Å². The molecule has 92 valence electrons. The molecule has 1 heterocycles. The lowest BCUT2D eigenvalue weighted by molar-refractivity contribution is -0.145. The van der Waals surface area contributed by atoms with E-state index in [1.165, 1.54) is 0 Å². The molecule has 1 aromatic carbocycles. The van der Waals surface area contributed by atoms with Gasteiger partial charge in [-0.2, -0.15) is 11.8 Å². The Morgan fingerprint density at radius 1 is 1.53 bits per heavy atom.